The Balaban J connectivity index is 0.000000131. The highest BCUT2D eigenvalue weighted by molar-refractivity contribution is 5.76. The fourth-order valence-electron chi connectivity index (χ4n) is 35.2. The summed E-state index contributed by atoms with van der Waals surface area (Å²) in [6.45, 7) is 36.1. The Hall–Kier alpha value is -1.64. The van der Waals surface area contributed by atoms with Crippen molar-refractivity contribution in [3.05, 3.63) is 0 Å². The van der Waals surface area contributed by atoms with Crippen LogP contribution in [0.3, 0.4) is 0 Å². The number of ketones is 4. The number of aliphatic hydroxyl groups is 8. The summed E-state index contributed by atoms with van der Waals surface area (Å²) in [7, 11) is 0. The molecule has 640 valence electrons. The van der Waals surface area contributed by atoms with Gasteiger partial charge in [0.1, 0.15) is 23.1 Å². The molecule has 112 heavy (non-hydrogen) atoms. The molecule has 12 nitrogen and oxygen atoms in total. The van der Waals surface area contributed by atoms with Gasteiger partial charge < -0.3 is 60.0 Å². The minimum atomic E-state index is -0.337. The molecule has 12 heteroatoms. The van der Waals surface area contributed by atoms with Crippen LogP contribution < -0.4 is 0 Å². The van der Waals surface area contributed by atoms with Crippen LogP contribution in [0.25, 0.3) is 0 Å². The first-order valence-electron chi connectivity index (χ1n) is 48.1. The third-order valence-corrected chi connectivity index (χ3v) is 41.6. The van der Waals surface area contributed by atoms with Crippen molar-refractivity contribution in [3.63, 3.8) is 0 Å². The number of hydrogen-bond donors (Lipinski definition) is 8. The van der Waals surface area contributed by atoms with Crippen molar-refractivity contribution < 1.29 is 60.0 Å². The van der Waals surface area contributed by atoms with Crippen LogP contribution in [-0.4, -0.2) is 113 Å². The molecule has 0 amide bonds. The van der Waals surface area contributed by atoms with Crippen molar-refractivity contribution >= 4 is 23.1 Å². The van der Waals surface area contributed by atoms with Crippen LogP contribution in [0.4, 0.5) is 0 Å². The Morgan fingerprint density at radius 1 is 0.277 bits per heavy atom. The van der Waals surface area contributed by atoms with Crippen molar-refractivity contribution in [1.82, 2.24) is 0 Å². The molecular weight excluding hydrogens is 1390 g/mol. The minimum Gasteiger partial charge on any atom is -0.393 e. The third-order valence-electron chi connectivity index (χ3n) is 41.6. The van der Waals surface area contributed by atoms with E-state index in [4.69, 9.17) is 0 Å². The number of Topliss-reactive ketones (excluding diaryl/α,β-unsaturated/α-hetero) is 4. The normalized spacial score (nSPS) is 51.7. The molecule has 0 aliphatic heterocycles. The molecule has 40 atom stereocenters. The van der Waals surface area contributed by atoms with Crippen molar-refractivity contribution in [1.29, 1.82) is 0 Å². The zero-order chi connectivity index (χ0) is 81.1. The van der Waals surface area contributed by atoms with E-state index in [1.54, 1.807) is 27.7 Å². The summed E-state index contributed by atoms with van der Waals surface area (Å²) in [6, 6.07) is 0. The fraction of sp³-hybridized carbons (Fsp3) is 0.960. The smallest absolute Gasteiger partial charge is 0.129 e. The van der Waals surface area contributed by atoms with Gasteiger partial charge in [0.15, 0.2) is 0 Å². The second kappa shape index (κ2) is 34.0. The first-order chi connectivity index (χ1) is 52.7. The largest absolute Gasteiger partial charge is 0.393 e. The van der Waals surface area contributed by atoms with Crippen molar-refractivity contribution in [2.75, 3.05) is 0 Å². The fourth-order valence-corrected chi connectivity index (χ4v) is 35.2. The number of rotatable bonds is 16. The second-order valence-corrected chi connectivity index (χ2v) is 46.6. The SMILES string of the molecule is CC(=O)CC[C@@H](C)[C@H]1CC[C@H]2[C@@H]3CC[C@@H]4C[C@H](O)CC[C@]4(C)[C@H]3CC[C@]12C.CC(=O)CC[C@@H](C)[C@H]1CC[C@H]2[C@@H]3[C@H](O)C[C@@H]4C[C@H](O)CC[C@]4(C)[C@H]3CC[C@]12C.CC(=O)CC[C@@H](C)[C@H]1CC[C@H]2[C@@H]3[C@H](O)C[C@@H]4C[C@H](O)CC[C@]4(C)[C@H]3CC[C@]12C.CC(=O)CC[C@@H](C)[C@H]1CC[C@H]2[C@@H]3[C@H](O)C[C@@H]4C[C@H](O)CC[C@]4(C)[C@H]3C[C@H](O)[C@]12C. The van der Waals surface area contributed by atoms with Crippen LogP contribution in [0, 0.1) is 185 Å². The zero-order valence-electron chi connectivity index (χ0n) is 74.0. The highest BCUT2D eigenvalue weighted by Gasteiger charge is 2.69. The number of hydrogen-bond acceptors (Lipinski definition) is 12. The lowest BCUT2D eigenvalue weighted by Crippen LogP contribution is -2.62. The summed E-state index contributed by atoms with van der Waals surface area (Å²) in [5.74, 6) is 15.4. The molecule has 0 radical (unpaired) electrons. The van der Waals surface area contributed by atoms with Gasteiger partial charge in [0.2, 0.25) is 0 Å². The first-order valence-corrected chi connectivity index (χ1v) is 48.1. The van der Waals surface area contributed by atoms with Gasteiger partial charge in [-0.3, -0.25) is 0 Å². The average Bonchev–Trinajstić information content (AvgIpc) is 1.42. The van der Waals surface area contributed by atoms with Gasteiger partial charge in [-0.1, -0.05) is 83.1 Å². The van der Waals surface area contributed by atoms with Gasteiger partial charge in [0.05, 0.1) is 48.8 Å². The van der Waals surface area contributed by atoms with Gasteiger partial charge in [-0.15, -0.1) is 0 Å². The predicted octanol–water partition coefficient (Wildman–Crippen LogP) is 19.9. The van der Waals surface area contributed by atoms with Crippen molar-refractivity contribution in [2.45, 2.75) is 416 Å². The van der Waals surface area contributed by atoms with E-state index in [1.807, 2.05) is 0 Å². The van der Waals surface area contributed by atoms with Crippen LogP contribution in [0.15, 0.2) is 0 Å². The van der Waals surface area contributed by atoms with E-state index >= 15 is 0 Å². The molecule has 16 rings (SSSR count). The summed E-state index contributed by atoms with van der Waals surface area (Å²) < 4.78 is 0. The number of carbonyl (C=O) groups excluding carboxylic acids is 4. The Bertz CT molecular complexity index is 3140. The van der Waals surface area contributed by atoms with E-state index < -0.39 is 0 Å². The summed E-state index contributed by atoms with van der Waals surface area (Å²) >= 11 is 0. The van der Waals surface area contributed by atoms with Gasteiger partial charge in [-0.2, -0.15) is 0 Å². The molecular formula is C100H168O12. The van der Waals surface area contributed by atoms with E-state index in [-0.39, 0.29) is 71.4 Å². The van der Waals surface area contributed by atoms with E-state index in [2.05, 4.69) is 83.1 Å². The third kappa shape index (κ3) is 16.0. The zero-order valence-corrected chi connectivity index (χ0v) is 74.0. The Kier molecular flexibility index (Phi) is 26.8. The Morgan fingerprint density at radius 2 is 0.545 bits per heavy atom. The molecule has 0 spiro atoms. The van der Waals surface area contributed by atoms with Crippen LogP contribution in [0.1, 0.15) is 368 Å². The number of carbonyl (C=O) groups is 4. The van der Waals surface area contributed by atoms with Crippen LogP contribution >= 0.6 is 0 Å². The van der Waals surface area contributed by atoms with Gasteiger partial charge >= 0.3 is 0 Å². The van der Waals surface area contributed by atoms with Crippen LogP contribution in [-0.2, 0) is 19.2 Å². The standard InChI is InChI=1S/C25H42O4.2C25H42O3.C25H42O2/c1-14(5-6-15(2)26)18-7-8-19-23-20(13-22(29)25(18,19)4)24(3)10-9-17(27)11-16(24)12-21(23)28;2*1-15(5-6-16(2)26)19-7-8-20-23-21(10-12-25(19,20)4)24(3)11-9-18(27)13-17(24)14-22(23)28;1-16(5-6-17(2)26)21-9-10-22-20-8-7-18-15-19(27)11-13-24(18,3)23(20)12-14-25(21,22)4/h14,16-23,27-29H,5-13H2,1-4H3;2*15,17-23,27-28H,5-14H2,1-4H3;16,18-23,27H,5-15H2,1-4H3/t14-,16+,17-,18-,19+,20+,21-,22+,23+,24+,25-;2*15-,17+,18-,19-,20+,21+,22-,23+,24+,25-;16-,18-,19-,20+,21-,22+,23+,24+,25-/m1111/s1. The maximum atomic E-state index is 11.5. The van der Waals surface area contributed by atoms with Gasteiger partial charge in [0.25, 0.3) is 0 Å². The molecule has 0 saturated heterocycles. The number of aliphatic hydroxyl groups excluding tert-OH is 8. The lowest BCUT2D eigenvalue weighted by Gasteiger charge is -2.63. The summed E-state index contributed by atoms with van der Waals surface area (Å²) in [5.41, 5.74) is 2.24. The summed E-state index contributed by atoms with van der Waals surface area (Å²) in [5, 5.41) is 86.2. The van der Waals surface area contributed by atoms with Crippen LogP contribution in [0.5, 0.6) is 0 Å². The van der Waals surface area contributed by atoms with Crippen molar-refractivity contribution in [2.24, 2.45) is 185 Å². The first kappa shape index (κ1) is 88.2. The predicted molar refractivity (Wildman–Crippen MR) is 447 cm³/mol. The van der Waals surface area contributed by atoms with Crippen molar-refractivity contribution in [3.8, 4) is 0 Å². The average molecular weight is 1560 g/mol. The maximum absolute atomic E-state index is 11.5. The molecule has 0 aromatic carbocycles. The molecule has 8 N–H and O–H groups in total. The molecule has 0 aromatic rings. The lowest BCUT2D eigenvalue weighted by molar-refractivity contribution is -0.207. The molecule has 16 fully saturated rings. The summed E-state index contributed by atoms with van der Waals surface area (Å²) in [6.07, 6.45) is 41.3. The molecule has 16 aliphatic rings. The molecule has 0 aromatic heterocycles. The highest BCUT2D eigenvalue weighted by atomic mass is 16.3. The molecule has 16 aliphatic carbocycles. The minimum absolute atomic E-state index is 0.0357. The monoisotopic (exact) mass is 1560 g/mol. The quantitative estimate of drug-likeness (QED) is 0.0722. The Morgan fingerprint density at radius 3 is 0.920 bits per heavy atom. The Labute approximate surface area is 681 Å². The van der Waals surface area contributed by atoms with E-state index in [9.17, 15) is 60.0 Å². The van der Waals surface area contributed by atoms with E-state index in [1.165, 1.54) is 96.3 Å². The summed E-state index contributed by atoms with van der Waals surface area (Å²) in [4.78, 5) is 46.0. The van der Waals surface area contributed by atoms with E-state index in [0.717, 1.165) is 184 Å². The van der Waals surface area contributed by atoms with E-state index in [0.29, 0.717) is 163 Å². The van der Waals surface area contributed by atoms with Crippen LogP contribution in [0.2, 0.25) is 0 Å². The second-order valence-electron chi connectivity index (χ2n) is 46.6. The molecule has 0 heterocycles. The van der Waals surface area contributed by atoms with Gasteiger partial charge in [-0.25, -0.2) is 0 Å². The molecule has 16 saturated carbocycles. The lowest BCUT2D eigenvalue weighted by atomic mass is 9.43. The van der Waals surface area contributed by atoms with Gasteiger partial charge in [-0.05, 0) is 444 Å². The number of fused-ring (bicyclic) bond motifs is 20. The van der Waals surface area contributed by atoms with Gasteiger partial charge in [0, 0.05) is 25.7 Å². The topological polar surface area (TPSA) is 230 Å². The molecule has 0 unspecified atom stereocenters. The highest BCUT2D eigenvalue weighted by Crippen LogP contribution is 2.74. The molecule has 0 bridgehead atoms. The maximum Gasteiger partial charge on any atom is 0.129 e.